The highest BCUT2D eigenvalue weighted by Crippen LogP contribution is 2.16. The van der Waals surface area contributed by atoms with Gasteiger partial charge in [0.15, 0.2) is 9.84 Å². The first-order valence-electron chi connectivity index (χ1n) is 7.79. The summed E-state index contributed by atoms with van der Waals surface area (Å²) >= 11 is 5.75. The molecule has 0 aliphatic heterocycles. The predicted octanol–water partition coefficient (Wildman–Crippen LogP) is 2.89. The summed E-state index contributed by atoms with van der Waals surface area (Å²) in [6.07, 6.45) is -0.0826. The van der Waals surface area contributed by atoms with Gasteiger partial charge in [-0.2, -0.15) is 0 Å². The van der Waals surface area contributed by atoms with Crippen molar-refractivity contribution in [2.45, 2.75) is 17.9 Å². The number of carbonyl (C=O) groups is 1. The molecule has 5 nitrogen and oxygen atoms in total. The van der Waals surface area contributed by atoms with Gasteiger partial charge in [-0.25, -0.2) is 8.42 Å². The fourth-order valence-electron chi connectivity index (χ4n) is 2.19. The summed E-state index contributed by atoms with van der Waals surface area (Å²) in [4.78, 5) is 14.1. The summed E-state index contributed by atoms with van der Waals surface area (Å²) in [6, 6.07) is 13.7. The lowest BCUT2D eigenvalue weighted by Gasteiger charge is -2.13. The number of anilines is 1. The Bertz CT molecular complexity index is 816. The van der Waals surface area contributed by atoms with E-state index in [4.69, 9.17) is 11.6 Å². The molecule has 0 atom stereocenters. The van der Waals surface area contributed by atoms with E-state index in [1.807, 2.05) is 43.3 Å². The molecule has 1 amide bonds. The molecule has 7 heteroatoms. The highest BCUT2D eigenvalue weighted by molar-refractivity contribution is 7.91. The van der Waals surface area contributed by atoms with Crippen molar-refractivity contribution in [1.29, 1.82) is 0 Å². The molecule has 2 aromatic carbocycles. The van der Waals surface area contributed by atoms with E-state index in [2.05, 4.69) is 5.32 Å². The number of hydrogen-bond donors (Lipinski definition) is 1. The van der Waals surface area contributed by atoms with Crippen LogP contribution in [0.5, 0.6) is 0 Å². The van der Waals surface area contributed by atoms with Crippen LogP contribution in [-0.2, 0) is 21.2 Å². The Kier molecular flexibility index (Phi) is 6.45. The van der Waals surface area contributed by atoms with Gasteiger partial charge in [-0.1, -0.05) is 23.7 Å². The van der Waals surface area contributed by atoms with Crippen LogP contribution in [0.1, 0.15) is 12.0 Å². The quantitative estimate of drug-likeness (QED) is 0.802. The summed E-state index contributed by atoms with van der Waals surface area (Å²) in [7, 11) is 0.417. The summed E-state index contributed by atoms with van der Waals surface area (Å²) in [5.41, 5.74) is 2.03. The summed E-state index contributed by atoms with van der Waals surface area (Å²) < 4.78 is 24.4. The molecule has 1 N–H and O–H groups in total. The molecule has 0 heterocycles. The molecular formula is C18H21ClN2O3S. The van der Waals surface area contributed by atoms with E-state index in [-0.39, 0.29) is 23.0 Å². The maximum atomic E-state index is 12.2. The number of amides is 1. The van der Waals surface area contributed by atoms with E-state index in [0.717, 1.165) is 11.3 Å². The van der Waals surface area contributed by atoms with Gasteiger partial charge in [-0.05, 0) is 42.0 Å². The molecule has 0 unspecified atom stereocenters. The van der Waals surface area contributed by atoms with Crippen LogP contribution in [0.4, 0.5) is 5.69 Å². The van der Waals surface area contributed by atoms with Gasteiger partial charge in [0, 0.05) is 37.8 Å². The largest absolute Gasteiger partial charge is 0.378 e. The standard InChI is InChI=1S/C18H21ClN2O3S/c1-21(2)16-7-3-14(4-8-16)13-20-18(22)11-12-25(23,24)17-9-5-15(19)6-10-17/h3-10H,11-13H2,1-2H3,(H,20,22). The minimum atomic E-state index is -3.50. The van der Waals surface area contributed by atoms with Gasteiger partial charge in [0.05, 0.1) is 10.6 Å². The minimum Gasteiger partial charge on any atom is -0.378 e. The van der Waals surface area contributed by atoms with Crippen molar-refractivity contribution in [1.82, 2.24) is 5.32 Å². The van der Waals surface area contributed by atoms with Crippen molar-refractivity contribution < 1.29 is 13.2 Å². The van der Waals surface area contributed by atoms with E-state index in [1.165, 1.54) is 24.3 Å². The molecule has 0 radical (unpaired) electrons. The fraction of sp³-hybridized carbons (Fsp3) is 0.278. The van der Waals surface area contributed by atoms with Gasteiger partial charge in [0.1, 0.15) is 0 Å². The van der Waals surface area contributed by atoms with Gasteiger partial charge in [-0.15, -0.1) is 0 Å². The maximum absolute atomic E-state index is 12.2. The fourth-order valence-corrected chi connectivity index (χ4v) is 3.55. The second kappa shape index (κ2) is 8.36. The number of sulfone groups is 1. The molecule has 2 aromatic rings. The van der Waals surface area contributed by atoms with Crippen molar-refractivity contribution in [2.24, 2.45) is 0 Å². The van der Waals surface area contributed by atoms with Gasteiger partial charge < -0.3 is 10.2 Å². The first kappa shape index (κ1) is 19.3. The number of carbonyl (C=O) groups excluding carboxylic acids is 1. The molecule has 25 heavy (non-hydrogen) atoms. The Hall–Kier alpha value is -2.05. The minimum absolute atomic E-state index is 0.0826. The van der Waals surface area contributed by atoms with Gasteiger partial charge in [0.2, 0.25) is 5.91 Å². The molecule has 134 valence electrons. The highest BCUT2D eigenvalue weighted by atomic mass is 35.5. The molecule has 0 bridgehead atoms. The van der Waals surface area contributed by atoms with E-state index in [0.29, 0.717) is 11.6 Å². The Morgan fingerprint density at radius 1 is 1.04 bits per heavy atom. The summed E-state index contributed by atoms with van der Waals surface area (Å²) in [5.74, 6) is -0.533. The zero-order valence-corrected chi connectivity index (χ0v) is 15.8. The second-order valence-electron chi connectivity index (χ2n) is 5.86. The van der Waals surface area contributed by atoms with Crippen LogP contribution in [0.15, 0.2) is 53.4 Å². The lowest BCUT2D eigenvalue weighted by Crippen LogP contribution is -2.25. The Morgan fingerprint density at radius 3 is 2.20 bits per heavy atom. The molecule has 2 rings (SSSR count). The highest BCUT2D eigenvalue weighted by Gasteiger charge is 2.16. The first-order chi connectivity index (χ1) is 11.8. The molecule has 0 aromatic heterocycles. The van der Waals surface area contributed by atoms with Crippen LogP contribution < -0.4 is 10.2 Å². The number of rotatable bonds is 7. The number of nitrogens with one attached hydrogen (secondary N) is 1. The van der Waals surface area contributed by atoms with Gasteiger partial charge in [0.25, 0.3) is 0 Å². The van der Waals surface area contributed by atoms with Crippen LogP contribution in [0.25, 0.3) is 0 Å². The van der Waals surface area contributed by atoms with Crippen LogP contribution in [-0.4, -0.2) is 34.2 Å². The smallest absolute Gasteiger partial charge is 0.221 e. The van der Waals surface area contributed by atoms with Crippen molar-refractivity contribution in [3.05, 3.63) is 59.1 Å². The van der Waals surface area contributed by atoms with E-state index >= 15 is 0 Å². The summed E-state index contributed by atoms with van der Waals surface area (Å²) in [6.45, 7) is 0.369. The third-order valence-electron chi connectivity index (χ3n) is 3.71. The van der Waals surface area contributed by atoms with E-state index < -0.39 is 9.84 Å². The predicted molar refractivity (Wildman–Crippen MR) is 101 cm³/mol. The summed E-state index contributed by atoms with van der Waals surface area (Å²) in [5, 5.41) is 3.21. The Balaban J connectivity index is 1.85. The van der Waals surface area contributed by atoms with Crippen LogP contribution >= 0.6 is 11.6 Å². The number of hydrogen-bond acceptors (Lipinski definition) is 4. The van der Waals surface area contributed by atoms with Crippen LogP contribution in [0.3, 0.4) is 0 Å². The molecule has 0 aliphatic rings. The average Bonchev–Trinajstić information content (AvgIpc) is 2.59. The van der Waals surface area contributed by atoms with E-state index in [9.17, 15) is 13.2 Å². The Labute approximate surface area is 153 Å². The van der Waals surface area contributed by atoms with Crippen molar-refractivity contribution >= 4 is 33.0 Å². The topological polar surface area (TPSA) is 66.5 Å². The monoisotopic (exact) mass is 380 g/mol. The zero-order chi connectivity index (χ0) is 18.4. The number of benzene rings is 2. The first-order valence-corrected chi connectivity index (χ1v) is 9.82. The zero-order valence-electron chi connectivity index (χ0n) is 14.2. The van der Waals surface area contributed by atoms with Gasteiger partial charge >= 0.3 is 0 Å². The molecule has 0 spiro atoms. The van der Waals surface area contributed by atoms with Gasteiger partial charge in [-0.3, -0.25) is 4.79 Å². The molecule has 0 saturated heterocycles. The molecule has 0 aliphatic carbocycles. The van der Waals surface area contributed by atoms with Crippen molar-refractivity contribution in [3.63, 3.8) is 0 Å². The number of halogens is 1. The maximum Gasteiger partial charge on any atom is 0.221 e. The SMILES string of the molecule is CN(C)c1ccc(CNC(=O)CCS(=O)(=O)c2ccc(Cl)cc2)cc1. The van der Waals surface area contributed by atoms with Crippen LogP contribution in [0, 0.1) is 0 Å². The van der Waals surface area contributed by atoms with Crippen LogP contribution in [0.2, 0.25) is 5.02 Å². The molecular weight excluding hydrogens is 360 g/mol. The normalized spacial score (nSPS) is 11.2. The van der Waals surface area contributed by atoms with E-state index in [1.54, 1.807) is 0 Å². The average molecular weight is 381 g/mol. The second-order valence-corrected chi connectivity index (χ2v) is 8.41. The number of nitrogens with zero attached hydrogens (tertiary/aromatic N) is 1. The lowest BCUT2D eigenvalue weighted by molar-refractivity contribution is -0.120. The third-order valence-corrected chi connectivity index (χ3v) is 5.70. The Morgan fingerprint density at radius 2 is 1.64 bits per heavy atom. The molecule has 0 saturated carbocycles. The third kappa shape index (κ3) is 5.76. The van der Waals surface area contributed by atoms with Crippen molar-refractivity contribution in [3.8, 4) is 0 Å². The lowest BCUT2D eigenvalue weighted by atomic mass is 10.2. The van der Waals surface area contributed by atoms with Crippen molar-refractivity contribution in [2.75, 3.05) is 24.7 Å². The molecule has 0 fully saturated rings.